The van der Waals surface area contributed by atoms with Crippen molar-refractivity contribution >= 4 is 45.1 Å². The topological polar surface area (TPSA) is 79.5 Å². The summed E-state index contributed by atoms with van der Waals surface area (Å²) in [7, 11) is 0. The van der Waals surface area contributed by atoms with E-state index >= 15 is 0 Å². The average Bonchev–Trinajstić information content (AvgIpc) is 2.68. The fourth-order valence-electron chi connectivity index (χ4n) is 2.27. The Balaban J connectivity index is 1.86. The van der Waals surface area contributed by atoms with Crippen molar-refractivity contribution in [3.63, 3.8) is 0 Å². The summed E-state index contributed by atoms with van der Waals surface area (Å²) < 4.78 is 6.50. The second-order valence-corrected chi connectivity index (χ2v) is 8.15. The van der Waals surface area contributed by atoms with Gasteiger partial charge in [0.15, 0.2) is 5.11 Å². The highest BCUT2D eigenvalue weighted by atomic mass is 79.9. The number of aryl methyl sites for hydroxylation is 1. The van der Waals surface area contributed by atoms with Gasteiger partial charge in [0.2, 0.25) is 0 Å². The highest BCUT2D eigenvalue weighted by Crippen LogP contribution is 2.17. The maximum atomic E-state index is 12.4. The third-order valence-corrected chi connectivity index (χ3v) is 5.07. The highest BCUT2D eigenvalue weighted by Gasteiger charge is 2.11. The summed E-state index contributed by atoms with van der Waals surface area (Å²) in [5, 5.41) is 2.51. The molecule has 0 spiro atoms. The average molecular weight is 478 g/mol. The first kappa shape index (κ1) is 22.8. The predicted molar refractivity (Wildman–Crippen MR) is 121 cm³/mol. The van der Waals surface area contributed by atoms with Crippen LogP contribution in [0.2, 0.25) is 0 Å². The molecule has 0 saturated carbocycles. The Morgan fingerprint density at radius 3 is 2.48 bits per heavy atom. The van der Waals surface area contributed by atoms with Gasteiger partial charge in [-0.3, -0.25) is 25.8 Å². The van der Waals surface area contributed by atoms with Crippen LogP contribution >= 0.6 is 28.1 Å². The maximum Gasteiger partial charge on any atom is 0.269 e. The highest BCUT2D eigenvalue weighted by molar-refractivity contribution is 9.10. The third kappa shape index (κ3) is 7.47. The Hall–Kier alpha value is -2.45. The van der Waals surface area contributed by atoms with Crippen molar-refractivity contribution in [2.75, 3.05) is 6.61 Å². The van der Waals surface area contributed by atoms with Gasteiger partial charge in [0.05, 0.1) is 6.61 Å². The molecule has 0 bridgehead atoms. The minimum atomic E-state index is -0.399. The molecule has 0 aromatic heterocycles. The lowest BCUT2D eigenvalue weighted by Gasteiger charge is -2.12. The van der Waals surface area contributed by atoms with E-state index < -0.39 is 5.91 Å². The Kier molecular flexibility index (Phi) is 8.60. The smallest absolute Gasteiger partial charge is 0.269 e. The number of carbonyl (C=O) groups excluding carboxylic acids is 2. The number of ether oxygens (including phenoxy) is 1. The van der Waals surface area contributed by atoms with Crippen LogP contribution in [0.1, 0.15) is 46.5 Å². The second-order valence-electron chi connectivity index (χ2n) is 6.89. The zero-order valence-electron chi connectivity index (χ0n) is 16.5. The fourth-order valence-corrected chi connectivity index (χ4v) is 2.79. The van der Waals surface area contributed by atoms with Crippen LogP contribution in [0, 0.1) is 12.8 Å². The van der Waals surface area contributed by atoms with Gasteiger partial charge in [-0.15, -0.1) is 0 Å². The number of halogens is 1. The van der Waals surface area contributed by atoms with Crippen molar-refractivity contribution in [1.82, 2.24) is 16.2 Å². The summed E-state index contributed by atoms with van der Waals surface area (Å²) in [6, 6.07) is 12.1. The molecule has 29 heavy (non-hydrogen) atoms. The second kappa shape index (κ2) is 10.9. The molecule has 2 amide bonds. The number of hydrogen-bond donors (Lipinski definition) is 3. The zero-order valence-corrected chi connectivity index (χ0v) is 18.9. The van der Waals surface area contributed by atoms with Gasteiger partial charge in [-0.05, 0) is 67.4 Å². The lowest BCUT2D eigenvalue weighted by atomic mass is 10.1. The van der Waals surface area contributed by atoms with Crippen LogP contribution in [-0.2, 0) is 0 Å². The van der Waals surface area contributed by atoms with Gasteiger partial charge >= 0.3 is 0 Å². The quantitative estimate of drug-likeness (QED) is 0.430. The first-order chi connectivity index (χ1) is 13.8. The van der Waals surface area contributed by atoms with Crippen molar-refractivity contribution < 1.29 is 14.3 Å². The monoisotopic (exact) mass is 477 g/mol. The van der Waals surface area contributed by atoms with E-state index in [2.05, 4.69) is 45.9 Å². The van der Waals surface area contributed by atoms with Gasteiger partial charge in [-0.2, -0.15) is 0 Å². The summed E-state index contributed by atoms with van der Waals surface area (Å²) in [4.78, 5) is 24.6. The third-order valence-electron chi connectivity index (χ3n) is 4.01. The van der Waals surface area contributed by atoms with Crippen molar-refractivity contribution in [3.8, 4) is 5.75 Å². The van der Waals surface area contributed by atoms with Gasteiger partial charge in [0.25, 0.3) is 11.8 Å². The molecule has 0 unspecified atom stereocenters. The zero-order chi connectivity index (χ0) is 21.4. The number of thiocarbonyl (C=S) groups is 1. The van der Waals surface area contributed by atoms with Gasteiger partial charge in [0, 0.05) is 15.6 Å². The van der Waals surface area contributed by atoms with Crippen molar-refractivity contribution in [2.24, 2.45) is 5.92 Å². The molecule has 8 heteroatoms. The molecule has 0 aliphatic heterocycles. The molecule has 2 aromatic carbocycles. The molecule has 0 saturated heterocycles. The summed E-state index contributed by atoms with van der Waals surface area (Å²) in [6.07, 6.45) is 0.932. The molecule has 2 aromatic rings. The van der Waals surface area contributed by atoms with Gasteiger partial charge in [-0.25, -0.2) is 0 Å². The molecule has 0 radical (unpaired) electrons. The number of rotatable bonds is 6. The minimum Gasteiger partial charge on any atom is -0.494 e. The van der Waals surface area contributed by atoms with Crippen molar-refractivity contribution in [2.45, 2.75) is 27.2 Å². The molecule has 6 nitrogen and oxygen atoms in total. The number of nitrogens with one attached hydrogen (secondary N) is 3. The molecule has 0 fully saturated rings. The molecular weight excluding hydrogens is 454 g/mol. The minimum absolute atomic E-state index is 0.0133. The standard InChI is InChI=1S/C21H24BrN3O3S/c1-13(2)9-10-28-17-6-4-5-15(11-17)19(26)23-21(29)25-24-20(27)16-8-7-14(3)18(22)12-16/h4-8,11-13H,9-10H2,1-3H3,(H,24,27)(H2,23,25,26,29). The van der Waals surface area contributed by atoms with E-state index in [-0.39, 0.29) is 11.0 Å². The first-order valence-electron chi connectivity index (χ1n) is 9.17. The SMILES string of the molecule is Cc1ccc(C(=O)NNC(=S)NC(=O)c2cccc(OCCC(C)C)c2)cc1Br. The van der Waals surface area contributed by atoms with Crippen LogP contribution in [0.25, 0.3) is 0 Å². The number of benzene rings is 2. The van der Waals surface area contributed by atoms with E-state index in [1.54, 1.807) is 36.4 Å². The van der Waals surface area contributed by atoms with E-state index in [1.165, 1.54) is 0 Å². The van der Waals surface area contributed by atoms with Crippen LogP contribution in [-0.4, -0.2) is 23.5 Å². The summed E-state index contributed by atoms with van der Waals surface area (Å²) in [5.41, 5.74) is 6.87. The summed E-state index contributed by atoms with van der Waals surface area (Å²) in [5.74, 6) is 0.392. The lowest BCUT2D eigenvalue weighted by Crippen LogP contribution is -2.48. The van der Waals surface area contributed by atoms with Crippen molar-refractivity contribution in [1.29, 1.82) is 0 Å². The molecule has 0 aliphatic rings. The number of carbonyl (C=O) groups is 2. The van der Waals surface area contributed by atoms with Crippen LogP contribution in [0.15, 0.2) is 46.9 Å². The normalized spacial score (nSPS) is 10.4. The van der Waals surface area contributed by atoms with Gasteiger partial charge in [0.1, 0.15) is 5.75 Å². The molecule has 0 heterocycles. The summed E-state index contributed by atoms with van der Waals surface area (Å²) in [6.45, 7) is 6.76. The van der Waals surface area contributed by atoms with Crippen molar-refractivity contribution in [3.05, 3.63) is 63.6 Å². The van der Waals surface area contributed by atoms with E-state index in [9.17, 15) is 9.59 Å². The molecule has 0 aliphatic carbocycles. The van der Waals surface area contributed by atoms with Gasteiger partial charge < -0.3 is 4.74 Å². The Morgan fingerprint density at radius 2 is 1.79 bits per heavy atom. The van der Waals surface area contributed by atoms with E-state index in [1.807, 2.05) is 13.0 Å². The van der Waals surface area contributed by atoms with Crippen LogP contribution in [0.5, 0.6) is 5.75 Å². The number of amides is 2. The van der Waals surface area contributed by atoms with E-state index in [4.69, 9.17) is 17.0 Å². The molecular formula is C21H24BrN3O3S. The largest absolute Gasteiger partial charge is 0.494 e. The number of hydrogen-bond acceptors (Lipinski definition) is 4. The Morgan fingerprint density at radius 1 is 1.07 bits per heavy atom. The van der Waals surface area contributed by atoms with E-state index in [0.29, 0.717) is 29.4 Å². The maximum absolute atomic E-state index is 12.4. The number of hydrazine groups is 1. The summed E-state index contributed by atoms with van der Waals surface area (Å²) >= 11 is 8.47. The predicted octanol–water partition coefficient (Wildman–Crippen LogP) is 4.13. The molecule has 154 valence electrons. The first-order valence-corrected chi connectivity index (χ1v) is 10.4. The lowest BCUT2D eigenvalue weighted by molar-refractivity contribution is 0.0934. The Bertz CT molecular complexity index is 902. The van der Waals surface area contributed by atoms with E-state index in [0.717, 1.165) is 16.5 Å². The molecule has 3 N–H and O–H groups in total. The van der Waals surface area contributed by atoms with Gasteiger partial charge in [-0.1, -0.05) is 41.9 Å². The fraction of sp³-hybridized carbons (Fsp3) is 0.286. The van der Waals surface area contributed by atoms with Crippen LogP contribution in [0.3, 0.4) is 0 Å². The van der Waals surface area contributed by atoms with Crippen LogP contribution in [0.4, 0.5) is 0 Å². The van der Waals surface area contributed by atoms with Crippen LogP contribution < -0.4 is 20.9 Å². The molecule has 0 atom stereocenters. The molecule has 2 rings (SSSR count). The Labute approximate surface area is 184 Å².